The van der Waals surface area contributed by atoms with E-state index < -0.39 is 31.0 Å². The van der Waals surface area contributed by atoms with Crippen molar-refractivity contribution in [2.45, 2.75) is 69.8 Å². The Morgan fingerprint density at radius 3 is 2.64 bits per heavy atom. The molecule has 1 saturated heterocycles. The zero-order valence-corrected chi connectivity index (χ0v) is 13.1. The van der Waals surface area contributed by atoms with Crippen LogP contribution in [0, 0.1) is 6.61 Å². The minimum atomic E-state index is -1.22. The number of hydrogen-bond donors (Lipinski definition) is 4. The van der Waals surface area contributed by atoms with Crippen molar-refractivity contribution < 1.29 is 24.9 Å². The highest BCUT2D eigenvalue weighted by Gasteiger charge is 2.38. The number of ether oxygens (including phenoxy) is 1. The fourth-order valence-corrected chi connectivity index (χ4v) is 2.27. The number of amides is 1. The van der Waals surface area contributed by atoms with Crippen LogP contribution >= 0.6 is 0 Å². The molecule has 0 saturated carbocycles. The van der Waals surface area contributed by atoms with Gasteiger partial charge >= 0.3 is 0 Å². The summed E-state index contributed by atoms with van der Waals surface area (Å²) in [5.41, 5.74) is 0. The highest BCUT2D eigenvalue weighted by atomic mass is 16.5. The second-order valence-electron chi connectivity index (χ2n) is 5.57. The maximum atomic E-state index is 11.8. The van der Waals surface area contributed by atoms with Crippen molar-refractivity contribution in [3.05, 3.63) is 18.8 Å². The van der Waals surface area contributed by atoms with Gasteiger partial charge in [0.05, 0.1) is 12.6 Å². The molecule has 0 aromatic heterocycles. The number of unbranched alkanes of at least 4 members (excludes halogenated alkanes) is 3. The second-order valence-corrected chi connectivity index (χ2v) is 5.57. The van der Waals surface area contributed by atoms with Crippen molar-refractivity contribution in [2.24, 2.45) is 0 Å². The molecular weight excluding hydrogens is 286 g/mol. The summed E-state index contributed by atoms with van der Waals surface area (Å²) in [7, 11) is 0. The van der Waals surface area contributed by atoms with Gasteiger partial charge in [0.15, 0.2) is 0 Å². The Hall–Kier alpha value is -0.950. The third-order valence-corrected chi connectivity index (χ3v) is 3.69. The number of carbonyl (C=O) groups is 1. The lowest BCUT2D eigenvalue weighted by atomic mass is 9.98. The van der Waals surface area contributed by atoms with Gasteiger partial charge in [-0.25, -0.2) is 0 Å². The third kappa shape index (κ3) is 6.44. The Kier molecular flexibility index (Phi) is 9.31. The van der Waals surface area contributed by atoms with Crippen molar-refractivity contribution >= 4 is 5.91 Å². The molecule has 0 aromatic carbocycles. The first-order chi connectivity index (χ1) is 10.6. The first kappa shape index (κ1) is 19.1. The SMILES string of the molecule is CCCCC/C=C\CCC(=O)N[C@@H]1[CH]O[C@H](CO)[C@@H](O)[C@@H]1O. The predicted molar refractivity (Wildman–Crippen MR) is 82.7 cm³/mol. The standard InChI is InChI=1S/C16H28NO5/c1-2-3-4-5-6-7-8-9-14(19)17-12-11-22-13(10-18)16(21)15(12)20/h6-7,11-13,15-16,18,20-21H,2-5,8-10H2,1H3,(H,17,19)/b7-6-/t12-,13-,15-,16-/m1/s1. The van der Waals surface area contributed by atoms with Crippen LogP contribution in [0.4, 0.5) is 0 Å². The van der Waals surface area contributed by atoms with Gasteiger partial charge in [0.25, 0.3) is 0 Å². The molecule has 1 radical (unpaired) electrons. The van der Waals surface area contributed by atoms with E-state index in [4.69, 9.17) is 9.84 Å². The largest absolute Gasteiger partial charge is 0.394 e. The number of carbonyl (C=O) groups excluding carboxylic acids is 1. The molecule has 4 atom stereocenters. The first-order valence-electron chi connectivity index (χ1n) is 8.00. The third-order valence-electron chi connectivity index (χ3n) is 3.69. The molecule has 0 aromatic rings. The van der Waals surface area contributed by atoms with Gasteiger partial charge in [0.1, 0.15) is 24.9 Å². The van der Waals surface area contributed by atoms with Gasteiger partial charge in [-0.1, -0.05) is 31.9 Å². The van der Waals surface area contributed by atoms with E-state index in [9.17, 15) is 15.0 Å². The molecule has 0 unspecified atom stereocenters. The fraction of sp³-hybridized carbons (Fsp3) is 0.750. The zero-order chi connectivity index (χ0) is 16.4. The lowest BCUT2D eigenvalue weighted by Crippen LogP contribution is -2.58. The van der Waals surface area contributed by atoms with Crippen LogP contribution in [0.1, 0.15) is 45.4 Å². The Balaban J connectivity index is 2.22. The predicted octanol–water partition coefficient (Wildman–Crippen LogP) is 0.663. The summed E-state index contributed by atoms with van der Waals surface area (Å²) in [6.07, 6.45) is 6.40. The molecule has 1 aliphatic heterocycles. The van der Waals surface area contributed by atoms with Gasteiger partial charge in [-0.15, -0.1) is 0 Å². The zero-order valence-electron chi connectivity index (χ0n) is 13.1. The van der Waals surface area contributed by atoms with Gasteiger partial charge < -0.3 is 25.4 Å². The van der Waals surface area contributed by atoms with Crippen molar-refractivity contribution in [3.8, 4) is 0 Å². The van der Waals surface area contributed by atoms with E-state index in [2.05, 4.69) is 18.3 Å². The number of aliphatic hydroxyl groups excluding tert-OH is 3. The average molecular weight is 314 g/mol. The minimum Gasteiger partial charge on any atom is -0.394 e. The van der Waals surface area contributed by atoms with Crippen molar-refractivity contribution in [2.75, 3.05) is 6.61 Å². The number of aliphatic hydroxyl groups is 3. The molecule has 0 aliphatic carbocycles. The monoisotopic (exact) mass is 314 g/mol. The Labute approximate surface area is 132 Å². The van der Waals surface area contributed by atoms with Crippen molar-refractivity contribution in [1.82, 2.24) is 5.32 Å². The molecule has 6 heteroatoms. The molecule has 1 aliphatic rings. The smallest absolute Gasteiger partial charge is 0.220 e. The summed E-state index contributed by atoms with van der Waals surface area (Å²) in [6.45, 7) is 3.03. The number of rotatable bonds is 9. The van der Waals surface area contributed by atoms with E-state index in [0.29, 0.717) is 12.8 Å². The van der Waals surface area contributed by atoms with Crippen LogP contribution in [0.3, 0.4) is 0 Å². The van der Waals surface area contributed by atoms with Crippen LogP contribution in [0.2, 0.25) is 0 Å². The summed E-state index contributed by atoms with van der Waals surface area (Å²) in [5, 5.41) is 31.2. The number of hydrogen-bond acceptors (Lipinski definition) is 5. The lowest BCUT2D eigenvalue weighted by Gasteiger charge is -2.36. The lowest BCUT2D eigenvalue weighted by molar-refractivity contribution is -0.144. The van der Waals surface area contributed by atoms with E-state index >= 15 is 0 Å². The second kappa shape index (κ2) is 10.7. The highest BCUT2D eigenvalue weighted by molar-refractivity contribution is 5.76. The van der Waals surface area contributed by atoms with Gasteiger partial charge in [0, 0.05) is 6.42 Å². The van der Waals surface area contributed by atoms with Crippen LogP contribution in [0.15, 0.2) is 12.2 Å². The highest BCUT2D eigenvalue weighted by Crippen LogP contribution is 2.18. The molecule has 4 N–H and O–H groups in total. The minimum absolute atomic E-state index is 0.211. The average Bonchev–Trinajstić information content (AvgIpc) is 2.51. The van der Waals surface area contributed by atoms with Gasteiger partial charge in [0.2, 0.25) is 5.91 Å². The van der Waals surface area contributed by atoms with E-state index in [-0.39, 0.29) is 5.91 Å². The number of allylic oxidation sites excluding steroid dienone is 2. The maximum absolute atomic E-state index is 11.8. The van der Waals surface area contributed by atoms with Gasteiger partial charge in [-0.05, 0) is 19.3 Å². The topological polar surface area (TPSA) is 99.0 Å². The molecule has 0 spiro atoms. The quantitative estimate of drug-likeness (QED) is 0.370. The Morgan fingerprint density at radius 2 is 1.95 bits per heavy atom. The van der Waals surface area contributed by atoms with Gasteiger partial charge in [-0.2, -0.15) is 0 Å². The maximum Gasteiger partial charge on any atom is 0.220 e. The molecule has 22 heavy (non-hydrogen) atoms. The summed E-state index contributed by atoms with van der Waals surface area (Å²) in [4.78, 5) is 11.8. The fourth-order valence-electron chi connectivity index (χ4n) is 2.27. The van der Waals surface area contributed by atoms with Crippen LogP contribution in [-0.4, -0.2) is 52.2 Å². The molecule has 6 nitrogen and oxygen atoms in total. The molecule has 127 valence electrons. The molecule has 1 heterocycles. The molecule has 1 rings (SSSR count). The van der Waals surface area contributed by atoms with Crippen LogP contribution in [0.5, 0.6) is 0 Å². The van der Waals surface area contributed by atoms with Crippen LogP contribution < -0.4 is 5.32 Å². The van der Waals surface area contributed by atoms with E-state index in [1.807, 2.05) is 6.08 Å². The van der Waals surface area contributed by atoms with E-state index in [1.54, 1.807) is 0 Å². The Bertz CT molecular complexity index is 347. The first-order valence-corrected chi connectivity index (χ1v) is 8.00. The van der Waals surface area contributed by atoms with E-state index in [1.165, 1.54) is 25.9 Å². The van der Waals surface area contributed by atoms with Crippen LogP contribution in [0.25, 0.3) is 0 Å². The summed E-state index contributed by atoms with van der Waals surface area (Å²) >= 11 is 0. The van der Waals surface area contributed by atoms with Crippen molar-refractivity contribution in [1.29, 1.82) is 0 Å². The van der Waals surface area contributed by atoms with Crippen molar-refractivity contribution in [3.63, 3.8) is 0 Å². The van der Waals surface area contributed by atoms with Crippen LogP contribution in [-0.2, 0) is 9.53 Å². The molecular formula is C16H28NO5. The summed E-state index contributed by atoms with van der Waals surface area (Å²) in [5.74, 6) is -0.211. The normalized spacial score (nSPS) is 28.9. The van der Waals surface area contributed by atoms with Gasteiger partial charge in [-0.3, -0.25) is 4.79 Å². The molecule has 0 bridgehead atoms. The van der Waals surface area contributed by atoms with E-state index in [0.717, 1.165) is 6.42 Å². The Morgan fingerprint density at radius 1 is 1.23 bits per heavy atom. The molecule has 1 amide bonds. The summed E-state index contributed by atoms with van der Waals surface area (Å²) in [6, 6.07) is -0.765. The number of nitrogens with one attached hydrogen (secondary N) is 1. The molecule has 1 fully saturated rings. The summed E-state index contributed by atoms with van der Waals surface area (Å²) < 4.78 is 5.09.